The third-order valence-corrected chi connectivity index (χ3v) is 8.40. The van der Waals surface area contributed by atoms with Crippen molar-refractivity contribution >= 4 is 10.0 Å². The van der Waals surface area contributed by atoms with E-state index in [4.69, 9.17) is 9.47 Å². The first kappa shape index (κ1) is 28.8. The molecule has 2 fully saturated rings. The van der Waals surface area contributed by atoms with E-state index >= 15 is 0 Å². The van der Waals surface area contributed by atoms with Crippen molar-refractivity contribution in [2.24, 2.45) is 11.8 Å². The lowest BCUT2D eigenvalue weighted by atomic mass is 9.76. The molecule has 0 unspecified atom stereocenters. The topological polar surface area (TPSA) is 55.8 Å². The van der Waals surface area contributed by atoms with Crippen LogP contribution in [0.3, 0.4) is 0 Å². The van der Waals surface area contributed by atoms with Crippen LogP contribution in [-0.4, -0.2) is 45.0 Å². The highest BCUT2D eigenvalue weighted by atomic mass is 32.2. The third kappa shape index (κ3) is 6.00. The molecule has 0 aliphatic carbocycles. The second kappa shape index (κ2) is 10.1. The maximum absolute atomic E-state index is 13.9. The molecule has 38 heavy (non-hydrogen) atoms. The normalized spacial score (nSPS) is 25.8. The zero-order valence-electron chi connectivity index (χ0n) is 20.6. The molecule has 13 heteroatoms. The summed E-state index contributed by atoms with van der Waals surface area (Å²) in [5.41, 5.74) is -2.16. The van der Waals surface area contributed by atoms with Gasteiger partial charge in [-0.25, -0.2) is 17.1 Å². The zero-order valence-corrected chi connectivity index (χ0v) is 21.4. The molecule has 0 spiro atoms. The van der Waals surface area contributed by atoms with Gasteiger partial charge in [0, 0.05) is 24.9 Å². The number of benzene rings is 2. The standard InChI is InChI=1S/C25H26F7NO4S/c1-13-6-19(26)4-5-20(13)22-21-11-33(38(3,34)35)10-16(21)12-36-23(22)37-14(2)15-7-17(24(27,28)29)9-18(8-15)25(30,31)32/h4-9,14,16,21-23H,10-12H2,1-3H3/t14-,16+,21-,22+,23-/m1/s1. The van der Waals surface area contributed by atoms with Crippen molar-refractivity contribution in [3.05, 3.63) is 70.0 Å². The highest BCUT2D eigenvalue weighted by molar-refractivity contribution is 7.88. The first-order chi connectivity index (χ1) is 17.4. The molecule has 210 valence electrons. The Kier molecular flexibility index (Phi) is 7.63. The Balaban J connectivity index is 1.71. The van der Waals surface area contributed by atoms with E-state index in [1.54, 1.807) is 6.92 Å². The largest absolute Gasteiger partial charge is 0.416 e. The van der Waals surface area contributed by atoms with Crippen LogP contribution in [0.25, 0.3) is 0 Å². The predicted molar refractivity (Wildman–Crippen MR) is 123 cm³/mol. The van der Waals surface area contributed by atoms with Gasteiger partial charge >= 0.3 is 12.4 Å². The summed E-state index contributed by atoms with van der Waals surface area (Å²) in [6.45, 7) is 3.34. The Morgan fingerprint density at radius 2 is 1.61 bits per heavy atom. The lowest BCUT2D eigenvalue weighted by Crippen LogP contribution is -2.42. The average Bonchev–Trinajstić information content (AvgIpc) is 3.23. The average molecular weight is 570 g/mol. The third-order valence-electron chi connectivity index (χ3n) is 7.16. The van der Waals surface area contributed by atoms with Crippen molar-refractivity contribution in [2.75, 3.05) is 26.0 Å². The number of hydrogen-bond donors (Lipinski definition) is 0. The first-order valence-corrected chi connectivity index (χ1v) is 13.6. The molecule has 2 saturated heterocycles. The van der Waals surface area contributed by atoms with E-state index in [1.807, 2.05) is 0 Å². The number of halogens is 7. The van der Waals surface area contributed by atoms with E-state index in [9.17, 15) is 39.2 Å². The fraction of sp³-hybridized carbons (Fsp3) is 0.520. The molecule has 0 amide bonds. The smallest absolute Gasteiger partial charge is 0.352 e. The van der Waals surface area contributed by atoms with E-state index in [-0.39, 0.29) is 43.2 Å². The monoisotopic (exact) mass is 569 g/mol. The van der Waals surface area contributed by atoms with Gasteiger partial charge in [0.1, 0.15) is 5.82 Å². The summed E-state index contributed by atoms with van der Waals surface area (Å²) in [4.78, 5) is 0. The summed E-state index contributed by atoms with van der Waals surface area (Å²) in [6.07, 6.45) is -11.4. The van der Waals surface area contributed by atoms with Gasteiger partial charge in [0.25, 0.3) is 0 Å². The second-order valence-electron chi connectivity index (χ2n) is 9.85. The Bertz CT molecular complexity index is 1260. The van der Waals surface area contributed by atoms with Crippen molar-refractivity contribution in [1.82, 2.24) is 4.31 Å². The highest BCUT2D eigenvalue weighted by Gasteiger charge is 2.49. The van der Waals surface area contributed by atoms with Crippen LogP contribution in [-0.2, 0) is 31.8 Å². The van der Waals surface area contributed by atoms with Gasteiger partial charge in [-0.1, -0.05) is 6.07 Å². The lowest BCUT2D eigenvalue weighted by molar-refractivity contribution is -0.217. The summed E-state index contributed by atoms with van der Waals surface area (Å²) in [5.74, 6) is -1.73. The Morgan fingerprint density at radius 1 is 1.00 bits per heavy atom. The van der Waals surface area contributed by atoms with Gasteiger partial charge in [-0.15, -0.1) is 0 Å². The predicted octanol–water partition coefficient (Wildman–Crippen LogP) is 5.90. The summed E-state index contributed by atoms with van der Waals surface area (Å²) in [6, 6.07) is 5.26. The minimum atomic E-state index is -5.02. The van der Waals surface area contributed by atoms with Crippen molar-refractivity contribution in [3.8, 4) is 0 Å². The fourth-order valence-electron chi connectivity index (χ4n) is 5.24. The number of aryl methyl sites for hydroxylation is 1. The molecule has 2 aromatic carbocycles. The number of fused-ring (bicyclic) bond motifs is 1. The maximum Gasteiger partial charge on any atom is 0.416 e. The minimum Gasteiger partial charge on any atom is -0.352 e. The van der Waals surface area contributed by atoms with Crippen molar-refractivity contribution in [2.45, 2.75) is 44.5 Å². The number of ether oxygens (including phenoxy) is 2. The number of rotatable bonds is 5. The van der Waals surface area contributed by atoms with Crippen LogP contribution in [0.4, 0.5) is 30.7 Å². The fourth-order valence-corrected chi connectivity index (χ4v) is 6.15. The highest BCUT2D eigenvalue weighted by Crippen LogP contribution is 2.46. The number of hydrogen-bond acceptors (Lipinski definition) is 4. The molecule has 5 nitrogen and oxygen atoms in total. The maximum atomic E-state index is 13.9. The van der Waals surface area contributed by atoms with Crippen LogP contribution in [0.15, 0.2) is 36.4 Å². The Labute approximate surface area is 215 Å². The Hall–Kier alpha value is -2.22. The molecule has 2 aromatic rings. The molecular formula is C25H26F7NO4S. The van der Waals surface area contributed by atoms with E-state index < -0.39 is 57.6 Å². The summed E-state index contributed by atoms with van der Waals surface area (Å²) >= 11 is 0. The lowest BCUT2D eigenvalue weighted by Gasteiger charge is -2.41. The second-order valence-corrected chi connectivity index (χ2v) is 11.8. The van der Waals surface area contributed by atoms with E-state index in [0.717, 1.165) is 6.26 Å². The van der Waals surface area contributed by atoms with Crippen LogP contribution in [0.5, 0.6) is 0 Å². The molecule has 0 N–H and O–H groups in total. The van der Waals surface area contributed by atoms with Crippen molar-refractivity contribution < 1.29 is 48.6 Å². The van der Waals surface area contributed by atoms with Gasteiger partial charge in [-0.3, -0.25) is 0 Å². The SMILES string of the molecule is Cc1cc(F)ccc1[C@@H]1[C@@H](O[C@H](C)c2cc(C(F)(F)F)cc(C(F)(F)F)c2)OC[C@@H]2CN(S(C)(=O)=O)C[C@H]21. The summed E-state index contributed by atoms with van der Waals surface area (Å²) in [5, 5.41) is 0. The van der Waals surface area contributed by atoms with E-state index in [0.29, 0.717) is 23.3 Å². The van der Waals surface area contributed by atoms with Crippen LogP contribution < -0.4 is 0 Å². The molecule has 0 aromatic heterocycles. The van der Waals surface area contributed by atoms with Crippen LogP contribution in [0.2, 0.25) is 0 Å². The molecule has 0 radical (unpaired) electrons. The molecule has 2 aliphatic heterocycles. The summed E-state index contributed by atoms with van der Waals surface area (Å²) < 4.78 is 132. The molecule has 0 bridgehead atoms. The molecule has 4 rings (SSSR count). The van der Waals surface area contributed by atoms with Gasteiger partial charge in [-0.2, -0.15) is 26.3 Å². The van der Waals surface area contributed by atoms with Gasteiger partial charge in [0.15, 0.2) is 6.29 Å². The first-order valence-electron chi connectivity index (χ1n) is 11.7. The van der Waals surface area contributed by atoms with Gasteiger partial charge < -0.3 is 9.47 Å². The van der Waals surface area contributed by atoms with Crippen molar-refractivity contribution in [1.29, 1.82) is 0 Å². The quantitative estimate of drug-likeness (QED) is 0.421. The molecule has 0 saturated carbocycles. The van der Waals surface area contributed by atoms with Crippen molar-refractivity contribution in [3.63, 3.8) is 0 Å². The Morgan fingerprint density at radius 3 is 2.13 bits per heavy atom. The van der Waals surface area contributed by atoms with E-state index in [1.165, 1.54) is 29.4 Å². The number of alkyl halides is 6. The summed E-state index contributed by atoms with van der Waals surface area (Å²) in [7, 11) is -3.54. The van der Waals surface area contributed by atoms with Crippen LogP contribution >= 0.6 is 0 Å². The zero-order chi connectivity index (χ0) is 28.2. The van der Waals surface area contributed by atoms with Gasteiger partial charge in [-0.05, 0) is 66.8 Å². The van der Waals surface area contributed by atoms with Crippen LogP contribution in [0, 0.1) is 24.6 Å². The number of nitrogens with zero attached hydrogens (tertiary/aromatic N) is 1. The molecule has 5 atom stereocenters. The minimum absolute atomic E-state index is 0.0426. The van der Waals surface area contributed by atoms with Crippen LogP contribution in [0.1, 0.15) is 46.8 Å². The molecule has 2 heterocycles. The van der Waals surface area contributed by atoms with Gasteiger partial charge in [0.05, 0.1) is 30.1 Å². The van der Waals surface area contributed by atoms with Gasteiger partial charge in [0.2, 0.25) is 10.0 Å². The molecular weight excluding hydrogens is 543 g/mol. The molecule has 2 aliphatic rings. The number of sulfonamides is 1. The van der Waals surface area contributed by atoms with E-state index in [2.05, 4.69) is 0 Å².